The quantitative estimate of drug-likeness (QED) is 0.440. The molecule has 0 amide bonds. The second kappa shape index (κ2) is 7.97. The van der Waals surface area contributed by atoms with Gasteiger partial charge in [0.15, 0.2) is 0 Å². The number of aliphatic hydroxyl groups is 2. The van der Waals surface area contributed by atoms with E-state index in [1.807, 2.05) is 0 Å². The Balaban J connectivity index is 3.65. The summed E-state index contributed by atoms with van der Waals surface area (Å²) in [5, 5.41) is 20.5. The number of aliphatic hydroxyl groups excluding tert-OH is 2. The van der Waals surface area contributed by atoms with Gasteiger partial charge in [0, 0.05) is 19.6 Å². The van der Waals surface area contributed by atoms with E-state index in [9.17, 15) is 8.42 Å². The van der Waals surface area contributed by atoms with Crippen molar-refractivity contribution in [1.29, 1.82) is 0 Å². The number of rotatable bonds is 9. The molecule has 16 heavy (non-hydrogen) atoms. The monoisotopic (exact) mass is 254 g/mol. The molecule has 1 atom stereocenters. The maximum atomic E-state index is 11.2. The fraction of sp³-hybridized carbons (Fsp3) is 1.00. The molecule has 0 aromatic heterocycles. The molecule has 0 bridgehead atoms. The van der Waals surface area contributed by atoms with Gasteiger partial charge in [0.1, 0.15) is 0 Å². The van der Waals surface area contributed by atoms with E-state index >= 15 is 0 Å². The van der Waals surface area contributed by atoms with Crippen LogP contribution in [-0.4, -0.2) is 68.1 Å². The van der Waals surface area contributed by atoms with E-state index in [0.29, 0.717) is 32.6 Å². The first kappa shape index (κ1) is 15.8. The fourth-order valence-electron chi connectivity index (χ4n) is 1.27. The van der Waals surface area contributed by atoms with E-state index < -0.39 is 16.1 Å². The highest BCUT2D eigenvalue weighted by Gasteiger charge is 2.12. The lowest BCUT2D eigenvalue weighted by Gasteiger charge is -2.17. The zero-order valence-corrected chi connectivity index (χ0v) is 10.7. The summed E-state index contributed by atoms with van der Waals surface area (Å²) in [4.78, 5) is 0. The minimum absolute atomic E-state index is 0.266. The van der Waals surface area contributed by atoms with Crippen LogP contribution in [0.1, 0.15) is 13.3 Å². The minimum atomic E-state index is -3.11. The lowest BCUT2D eigenvalue weighted by atomic mass is 10.3. The molecule has 6 nitrogen and oxygen atoms in total. The SMILES string of the molecule is CCN(CCCNCC(O)CO)S(C)(=O)=O. The molecule has 0 aliphatic carbocycles. The van der Waals surface area contributed by atoms with Gasteiger partial charge in [-0.15, -0.1) is 0 Å². The summed E-state index contributed by atoms with van der Waals surface area (Å²) in [6, 6.07) is 0. The smallest absolute Gasteiger partial charge is 0.211 e. The first-order valence-corrected chi connectivity index (χ1v) is 7.21. The van der Waals surface area contributed by atoms with Crippen LogP contribution >= 0.6 is 0 Å². The summed E-state index contributed by atoms with van der Waals surface area (Å²) in [7, 11) is -3.11. The van der Waals surface area contributed by atoms with Crippen LogP contribution in [0.25, 0.3) is 0 Å². The average molecular weight is 254 g/mol. The van der Waals surface area contributed by atoms with Crippen LogP contribution in [0.3, 0.4) is 0 Å². The van der Waals surface area contributed by atoms with E-state index in [1.165, 1.54) is 10.6 Å². The Morgan fingerprint density at radius 1 is 1.44 bits per heavy atom. The highest BCUT2D eigenvalue weighted by Crippen LogP contribution is 1.98. The zero-order valence-electron chi connectivity index (χ0n) is 9.89. The third kappa shape index (κ3) is 7.13. The third-order valence-electron chi connectivity index (χ3n) is 2.17. The molecule has 0 rings (SSSR count). The van der Waals surface area contributed by atoms with E-state index in [0.717, 1.165) is 0 Å². The zero-order chi connectivity index (χ0) is 12.6. The van der Waals surface area contributed by atoms with Crippen LogP contribution in [0.5, 0.6) is 0 Å². The summed E-state index contributed by atoms with van der Waals surface area (Å²) in [6.45, 7) is 3.40. The summed E-state index contributed by atoms with van der Waals surface area (Å²) >= 11 is 0. The molecule has 0 aromatic rings. The molecular weight excluding hydrogens is 232 g/mol. The van der Waals surface area contributed by atoms with Gasteiger partial charge in [0.2, 0.25) is 10.0 Å². The first-order chi connectivity index (χ1) is 7.41. The molecule has 3 N–H and O–H groups in total. The van der Waals surface area contributed by atoms with Crippen molar-refractivity contribution in [2.75, 3.05) is 39.0 Å². The van der Waals surface area contributed by atoms with Crippen LogP contribution in [0.2, 0.25) is 0 Å². The summed E-state index contributed by atoms with van der Waals surface area (Å²) in [5.74, 6) is 0. The Hall–Kier alpha value is -0.210. The fourth-order valence-corrected chi connectivity index (χ4v) is 2.20. The largest absolute Gasteiger partial charge is 0.394 e. The second-order valence-electron chi connectivity index (χ2n) is 3.65. The molecule has 98 valence electrons. The van der Waals surface area contributed by atoms with Crippen LogP contribution in [0.15, 0.2) is 0 Å². The maximum Gasteiger partial charge on any atom is 0.211 e. The Morgan fingerprint density at radius 3 is 2.50 bits per heavy atom. The van der Waals surface area contributed by atoms with Gasteiger partial charge in [0.05, 0.1) is 19.0 Å². The summed E-state index contributed by atoms with van der Waals surface area (Å²) in [6.07, 6.45) is 1.12. The van der Waals surface area contributed by atoms with Gasteiger partial charge in [-0.2, -0.15) is 0 Å². The summed E-state index contributed by atoms with van der Waals surface area (Å²) < 4.78 is 23.8. The molecule has 0 saturated heterocycles. The van der Waals surface area contributed by atoms with Crippen LogP contribution in [0, 0.1) is 0 Å². The predicted octanol–water partition coefficient (Wildman–Crippen LogP) is -1.40. The molecule has 0 heterocycles. The molecule has 0 radical (unpaired) electrons. The first-order valence-electron chi connectivity index (χ1n) is 5.36. The van der Waals surface area contributed by atoms with Crippen LogP contribution in [-0.2, 0) is 10.0 Å². The Bertz CT molecular complexity index is 269. The van der Waals surface area contributed by atoms with Crippen LogP contribution in [0.4, 0.5) is 0 Å². The van der Waals surface area contributed by atoms with Gasteiger partial charge < -0.3 is 15.5 Å². The molecule has 0 spiro atoms. The molecule has 1 unspecified atom stereocenters. The average Bonchev–Trinajstić information content (AvgIpc) is 2.20. The van der Waals surface area contributed by atoms with Crippen molar-refractivity contribution in [1.82, 2.24) is 9.62 Å². The van der Waals surface area contributed by atoms with Crippen molar-refractivity contribution in [3.63, 3.8) is 0 Å². The van der Waals surface area contributed by atoms with Crippen molar-refractivity contribution in [3.8, 4) is 0 Å². The number of sulfonamides is 1. The molecular formula is C9H22N2O4S. The normalized spacial score (nSPS) is 14.3. The number of nitrogens with one attached hydrogen (secondary N) is 1. The van der Waals surface area contributed by atoms with Gasteiger partial charge in [-0.25, -0.2) is 12.7 Å². The molecule has 0 aliphatic rings. The highest BCUT2D eigenvalue weighted by atomic mass is 32.2. The maximum absolute atomic E-state index is 11.2. The van der Waals surface area contributed by atoms with E-state index in [1.54, 1.807) is 6.92 Å². The third-order valence-corrected chi connectivity index (χ3v) is 3.55. The van der Waals surface area contributed by atoms with E-state index in [-0.39, 0.29) is 6.61 Å². The van der Waals surface area contributed by atoms with Gasteiger partial charge in [-0.05, 0) is 13.0 Å². The second-order valence-corrected chi connectivity index (χ2v) is 5.63. The number of hydrogen-bond acceptors (Lipinski definition) is 5. The molecule has 0 aromatic carbocycles. The minimum Gasteiger partial charge on any atom is -0.394 e. The van der Waals surface area contributed by atoms with Crippen molar-refractivity contribution >= 4 is 10.0 Å². The molecule has 0 saturated carbocycles. The van der Waals surface area contributed by atoms with Gasteiger partial charge in [0.25, 0.3) is 0 Å². The lowest BCUT2D eigenvalue weighted by molar-refractivity contribution is 0.0945. The lowest BCUT2D eigenvalue weighted by Crippen LogP contribution is -2.34. The van der Waals surface area contributed by atoms with Gasteiger partial charge in [-0.1, -0.05) is 6.92 Å². The van der Waals surface area contributed by atoms with E-state index in [2.05, 4.69) is 5.32 Å². The standard InChI is InChI=1S/C9H22N2O4S/c1-3-11(16(2,14)15)6-4-5-10-7-9(13)8-12/h9-10,12-13H,3-8H2,1-2H3. The topological polar surface area (TPSA) is 89.9 Å². The van der Waals surface area contributed by atoms with Crippen molar-refractivity contribution in [2.24, 2.45) is 0 Å². The Kier molecular flexibility index (Phi) is 7.86. The Morgan fingerprint density at radius 2 is 2.06 bits per heavy atom. The van der Waals surface area contributed by atoms with Crippen LogP contribution < -0.4 is 5.32 Å². The molecule has 0 aliphatic heterocycles. The predicted molar refractivity (Wildman–Crippen MR) is 62.7 cm³/mol. The summed E-state index contributed by atoms with van der Waals surface area (Å²) in [5.41, 5.74) is 0. The number of nitrogens with zero attached hydrogens (tertiary/aromatic N) is 1. The van der Waals surface area contributed by atoms with Crippen molar-refractivity contribution in [2.45, 2.75) is 19.4 Å². The van der Waals surface area contributed by atoms with Gasteiger partial charge in [-0.3, -0.25) is 0 Å². The molecule has 7 heteroatoms. The highest BCUT2D eigenvalue weighted by molar-refractivity contribution is 7.88. The number of hydrogen-bond donors (Lipinski definition) is 3. The van der Waals surface area contributed by atoms with Crippen molar-refractivity contribution in [3.05, 3.63) is 0 Å². The van der Waals surface area contributed by atoms with E-state index in [4.69, 9.17) is 10.2 Å². The van der Waals surface area contributed by atoms with Crippen molar-refractivity contribution < 1.29 is 18.6 Å². The Labute approximate surface area is 97.3 Å². The molecule has 0 fully saturated rings. The van der Waals surface area contributed by atoms with Gasteiger partial charge >= 0.3 is 0 Å².